The van der Waals surface area contributed by atoms with Crippen molar-refractivity contribution in [2.75, 3.05) is 13.1 Å². The fourth-order valence-corrected chi connectivity index (χ4v) is 3.52. The first kappa shape index (κ1) is 18.6. The standard InChI is InChI=1S/C23H24FN3O/c24-20-10-8-18(9-11-20)7-4-12-26-13-14-27-21(17-26)16-22(25-27)23(28)15-19-5-2-1-3-6-19/h1-11,16,23,28H,12-15,17H2/b7-4+/t23-/m1/s1. The lowest BCUT2D eigenvalue weighted by atomic mass is 10.1. The number of halogens is 1. The second-order valence-corrected chi connectivity index (χ2v) is 7.18. The fourth-order valence-electron chi connectivity index (χ4n) is 3.52. The van der Waals surface area contributed by atoms with E-state index in [4.69, 9.17) is 0 Å². The minimum atomic E-state index is -0.590. The summed E-state index contributed by atoms with van der Waals surface area (Å²) in [6, 6.07) is 18.5. The normalized spacial score (nSPS) is 15.6. The van der Waals surface area contributed by atoms with Gasteiger partial charge in [-0.05, 0) is 29.3 Å². The number of aliphatic hydroxyl groups is 1. The Hall–Kier alpha value is -2.76. The van der Waals surface area contributed by atoms with Crippen LogP contribution in [0.4, 0.5) is 4.39 Å². The molecule has 5 heteroatoms. The summed E-state index contributed by atoms with van der Waals surface area (Å²) in [7, 11) is 0. The summed E-state index contributed by atoms with van der Waals surface area (Å²) in [5, 5.41) is 15.2. The fraction of sp³-hybridized carbons (Fsp3) is 0.261. The highest BCUT2D eigenvalue weighted by Crippen LogP contribution is 2.21. The SMILES string of the molecule is O[C@H](Cc1ccccc1)c1cc2n(n1)CCN(C/C=C/c1ccc(F)cc1)C2. The maximum Gasteiger partial charge on any atom is 0.123 e. The van der Waals surface area contributed by atoms with Gasteiger partial charge < -0.3 is 5.11 Å². The molecule has 1 aliphatic rings. The van der Waals surface area contributed by atoms with Crippen LogP contribution < -0.4 is 0 Å². The Labute approximate surface area is 164 Å². The van der Waals surface area contributed by atoms with Gasteiger partial charge in [-0.15, -0.1) is 0 Å². The van der Waals surface area contributed by atoms with E-state index in [1.54, 1.807) is 12.1 Å². The molecule has 1 aliphatic heterocycles. The highest BCUT2D eigenvalue weighted by Gasteiger charge is 2.20. The zero-order valence-corrected chi connectivity index (χ0v) is 15.7. The number of fused-ring (bicyclic) bond motifs is 1. The number of rotatable bonds is 6. The zero-order chi connectivity index (χ0) is 19.3. The van der Waals surface area contributed by atoms with Gasteiger partial charge in [0, 0.05) is 26.1 Å². The van der Waals surface area contributed by atoms with Crippen LogP contribution in [0.25, 0.3) is 6.08 Å². The lowest BCUT2D eigenvalue weighted by Crippen LogP contribution is -2.33. The second-order valence-electron chi connectivity index (χ2n) is 7.18. The molecule has 1 atom stereocenters. The van der Waals surface area contributed by atoms with Crippen molar-refractivity contribution in [2.45, 2.75) is 25.6 Å². The van der Waals surface area contributed by atoms with E-state index in [1.807, 2.05) is 47.2 Å². The Morgan fingerprint density at radius 2 is 1.86 bits per heavy atom. The molecule has 3 aromatic rings. The van der Waals surface area contributed by atoms with Gasteiger partial charge >= 0.3 is 0 Å². The van der Waals surface area contributed by atoms with E-state index in [0.717, 1.165) is 48.7 Å². The summed E-state index contributed by atoms with van der Waals surface area (Å²) in [5.74, 6) is -0.216. The Kier molecular flexibility index (Phi) is 5.65. The third-order valence-electron chi connectivity index (χ3n) is 5.05. The molecule has 2 heterocycles. The Morgan fingerprint density at radius 3 is 2.64 bits per heavy atom. The largest absolute Gasteiger partial charge is 0.386 e. The van der Waals surface area contributed by atoms with Gasteiger partial charge in [-0.25, -0.2) is 4.39 Å². The van der Waals surface area contributed by atoms with Crippen LogP contribution in [0.1, 0.15) is 28.6 Å². The Balaban J connectivity index is 1.35. The van der Waals surface area contributed by atoms with Crippen molar-refractivity contribution < 1.29 is 9.50 Å². The molecule has 1 aromatic heterocycles. The predicted molar refractivity (Wildman–Crippen MR) is 108 cm³/mol. The molecule has 4 rings (SSSR count). The first-order valence-electron chi connectivity index (χ1n) is 9.60. The van der Waals surface area contributed by atoms with Gasteiger partial charge in [0.25, 0.3) is 0 Å². The maximum atomic E-state index is 13.0. The topological polar surface area (TPSA) is 41.3 Å². The van der Waals surface area contributed by atoms with Crippen LogP contribution in [0, 0.1) is 5.82 Å². The van der Waals surface area contributed by atoms with E-state index in [0.29, 0.717) is 6.42 Å². The second kappa shape index (κ2) is 8.50. The molecule has 0 bridgehead atoms. The number of aliphatic hydroxyl groups excluding tert-OH is 1. The van der Waals surface area contributed by atoms with Crippen molar-refractivity contribution >= 4 is 6.08 Å². The van der Waals surface area contributed by atoms with Crippen LogP contribution in [-0.2, 0) is 19.5 Å². The first-order valence-corrected chi connectivity index (χ1v) is 9.60. The minimum Gasteiger partial charge on any atom is -0.386 e. The lowest BCUT2D eigenvalue weighted by Gasteiger charge is -2.26. The van der Waals surface area contributed by atoms with E-state index in [-0.39, 0.29) is 5.82 Å². The van der Waals surface area contributed by atoms with Crippen LogP contribution in [0.3, 0.4) is 0 Å². The molecule has 0 saturated carbocycles. The van der Waals surface area contributed by atoms with E-state index in [1.165, 1.54) is 12.1 Å². The summed E-state index contributed by atoms with van der Waals surface area (Å²) in [4.78, 5) is 2.34. The van der Waals surface area contributed by atoms with Gasteiger partial charge in [0.1, 0.15) is 11.9 Å². The van der Waals surface area contributed by atoms with Gasteiger partial charge in [-0.2, -0.15) is 5.10 Å². The summed E-state index contributed by atoms with van der Waals surface area (Å²) in [6.45, 7) is 3.36. The average Bonchev–Trinajstić information content (AvgIpc) is 3.14. The third-order valence-corrected chi connectivity index (χ3v) is 5.05. The van der Waals surface area contributed by atoms with Crippen molar-refractivity contribution in [1.82, 2.24) is 14.7 Å². The molecule has 28 heavy (non-hydrogen) atoms. The molecule has 1 N–H and O–H groups in total. The highest BCUT2D eigenvalue weighted by molar-refractivity contribution is 5.49. The van der Waals surface area contributed by atoms with Gasteiger partial charge in [-0.1, -0.05) is 54.6 Å². The molecular formula is C23H24FN3O. The van der Waals surface area contributed by atoms with Crippen molar-refractivity contribution in [3.8, 4) is 0 Å². The predicted octanol–water partition coefficient (Wildman–Crippen LogP) is 3.83. The summed E-state index contributed by atoms with van der Waals surface area (Å²) >= 11 is 0. The van der Waals surface area contributed by atoms with Crippen LogP contribution in [0.15, 0.2) is 66.7 Å². The van der Waals surface area contributed by atoms with Crippen molar-refractivity contribution in [2.24, 2.45) is 0 Å². The van der Waals surface area contributed by atoms with Crippen LogP contribution in [0.5, 0.6) is 0 Å². The molecule has 0 aliphatic carbocycles. The van der Waals surface area contributed by atoms with Crippen LogP contribution in [0.2, 0.25) is 0 Å². The number of benzene rings is 2. The number of hydrogen-bond donors (Lipinski definition) is 1. The highest BCUT2D eigenvalue weighted by atomic mass is 19.1. The number of aromatic nitrogens is 2. The quantitative estimate of drug-likeness (QED) is 0.710. The molecule has 0 amide bonds. The van der Waals surface area contributed by atoms with E-state index < -0.39 is 6.10 Å². The molecule has 0 spiro atoms. The van der Waals surface area contributed by atoms with Crippen LogP contribution >= 0.6 is 0 Å². The summed E-state index contributed by atoms with van der Waals surface area (Å²) in [5.41, 5.74) is 3.97. The Morgan fingerprint density at radius 1 is 1.07 bits per heavy atom. The van der Waals surface area contributed by atoms with Crippen molar-refractivity contribution in [3.63, 3.8) is 0 Å². The van der Waals surface area contributed by atoms with E-state index >= 15 is 0 Å². The van der Waals surface area contributed by atoms with Crippen LogP contribution in [-0.4, -0.2) is 32.9 Å². The summed E-state index contributed by atoms with van der Waals surface area (Å²) < 4.78 is 15.0. The molecule has 2 aromatic carbocycles. The van der Waals surface area contributed by atoms with Gasteiger partial charge in [0.15, 0.2) is 0 Å². The average molecular weight is 377 g/mol. The molecule has 0 unspecified atom stereocenters. The molecule has 0 radical (unpaired) electrons. The first-order chi connectivity index (χ1) is 13.7. The minimum absolute atomic E-state index is 0.216. The molecule has 0 fully saturated rings. The number of hydrogen-bond acceptors (Lipinski definition) is 3. The third kappa shape index (κ3) is 4.55. The zero-order valence-electron chi connectivity index (χ0n) is 15.7. The van der Waals surface area contributed by atoms with Gasteiger partial charge in [0.05, 0.1) is 17.9 Å². The Bertz CT molecular complexity index is 934. The van der Waals surface area contributed by atoms with Gasteiger partial charge in [-0.3, -0.25) is 9.58 Å². The van der Waals surface area contributed by atoms with E-state index in [9.17, 15) is 9.50 Å². The van der Waals surface area contributed by atoms with Gasteiger partial charge in [0.2, 0.25) is 0 Å². The molecule has 144 valence electrons. The molecular weight excluding hydrogens is 353 g/mol. The molecule has 4 nitrogen and oxygen atoms in total. The lowest BCUT2D eigenvalue weighted by molar-refractivity contribution is 0.171. The monoisotopic (exact) mass is 377 g/mol. The summed E-state index contributed by atoms with van der Waals surface area (Å²) in [6.07, 6.45) is 4.10. The van der Waals surface area contributed by atoms with Crippen molar-refractivity contribution in [1.29, 1.82) is 0 Å². The maximum absolute atomic E-state index is 13.0. The smallest absolute Gasteiger partial charge is 0.123 e. The van der Waals surface area contributed by atoms with Crippen molar-refractivity contribution in [3.05, 3.63) is 95.1 Å². The van der Waals surface area contributed by atoms with E-state index in [2.05, 4.69) is 16.1 Å². The molecule has 0 saturated heterocycles. The number of nitrogens with zero attached hydrogens (tertiary/aromatic N) is 3.